The average Bonchev–Trinajstić information content (AvgIpc) is 2.87. The number of nitrogens with two attached hydrogens (primary N) is 1. The van der Waals surface area contributed by atoms with Crippen LogP contribution in [0.4, 0.5) is 4.39 Å². The lowest BCUT2D eigenvalue weighted by molar-refractivity contribution is -0.120. The smallest absolute Gasteiger partial charge is 0.304 e. The Bertz CT molecular complexity index is 689. The zero-order valence-electron chi connectivity index (χ0n) is 16.5. The number of carbonyl (C=O) groups is 1. The maximum absolute atomic E-state index is 15.4. The number of halogens is 1. The van der Waals surface area contributed by atoms with E-state index in [9.17, 15) is 18.3 Å². The number of aliphatic hydroxyl groups is 1. The summed E-state index contributed by atoms with van der Waals surface area (Å²) < 4.78 is 48.3. The van der Waals surface area contributed by atoms with Crippen LogP contribution < -0.4 is 10.5 Å². The molecular formula is C18H32FN3O5S. The third-order valence-electron chi connectivity index (χ3n) is 6.54. The van der Waals surface area contributed by atoms with E-state index in [1.165, 1.54) is 0 Å². The summed E-state index contributed by atoms with van der Waals surface area (Å²) in [6.07, 6.45) is 0.438. The topological polar surface area (TPSA) is 122 Å². The number of fused-ring (bicyclic) bond motifs is 1. The predicted molar refractivity (Wildman–Crippen MR) is 101 cm³/mol. The van der Waals surface area contributed by atoms with E-state index in [1.54, 1.807) is 0 Å². The molecule has 2 aliphatic carbocycles. The summed E-state index contributed by atoms with van der Waals surface area (Å²) in [5.41, 5.74) is 5.73. The zero-order chi connectivity index (χ0) is 20.7. The van der Waals surface area contributed by atoms with Gasteiger partial charge in [-0.1, -0.05) is 13.8 Å². The Morgan fingerprint density at radius 1 is 1.36 bits per heavy atom. The zero-order valence-corrected chi connectivity index (χ0v) is 17.3. The monoisotopic (exact) mass is 421 g/mol. The van der Waals surface area contributed by atoms with Gasteiger partial charge in [-0.2, -0.15) is 12.7 Å². The number of nitrogens with one attached hydrogen (secondary N) is 1. The van der Waals surface area contributed by atoms with Crippen molar-refractivity contribution < 1.29 is 27.4 Å². The molecule has 1 saturated heterocycles. The maximum atomic E-state index is 15.4. The van der Waals surface area contributed by atoms with E-state index in [4.69, 9.17) is 10.5 Å². The minimum Gasteiger partial charge on any atom is -0.391 e. The summed E-state index contributed by atoms with van der Waals surface area (Å²) in [4.78, 5) is 11.5. The molecule has 1 amide bonds. The molecule has 0 radical (unpaired) electrons. The van der Waals surface area contributed by atoms with E-state index in [1.807, 2.05) is 4.72 Å². The number of alkyl halides is 1. The van der Waals surface area contributed by atoms with Crippen molar-refractivity contribution in [3.05, 3.63) is 0 Å². The Morgan fingerprint density at radius 2 is 2.07 bits per heavy atom. The minimum atomic E-state index is -4.10. The lowest BCUT2D eigenvalue weighted by Gasteiger charge is -2.47. The highest BCUT2D eigenvalue weighted by atomic mass is 32.2. The van der Waals surface area contributed by atoms with Crippen molar-refractivity contribution >= 4 is 16.1 Å². The first kappa shape index (κ1) is 21.9. The first-order valence-corrected chi connectivity index (χ1v) is 11.4. The molecule has 6 unspecified atom stereocenters. The molecule has 6 atom stereocenters. The van der Waals surface area contributed by atoms with Crippen LogP contribution in [-0.4, -0.2) is 67.9 Å². The van der Waals surface area contributed by atoms with Crippen molar-refractivity contribution in [2.75, 3.05) is 19.7 Å². The molecule has 2 saturated carbocycles. The van der Waals surface area contributed by atoms with Crippen LogP contribution in [0.15, 0.2) is 0 Å². The highest BCUT2D eigenvalue weighted by molar-refractivity contribution is 7.88. The van der Waals surface area contributed by atoms with Crippen molar-refractivity contribution in [3.8, 4) is 0 Å². The van der Waals surface area contributed by atoms with Gasteiger partial charge in [-0.3, -0.25) is 4.79 Å². The third-order valence-corrected chi connectivity index (χ3v) is 8.02. The predicted octanol–water partition coefficient (Wildman–Crippen LogP) is 0.311. The van der Waals surface area contributed by atoms with E-state index >= 15 is 4.39 Å². The van der Waals surface area contributed by atoms with Gasteiger partial charge in [0, 0.05) is 6.61 Å². The molecule has 0 aromatic carbocycles. The highest BCUT2D eigenvalue weighted by Gasteiger charge is 2.53. The van der Waals surface area contributed by atoms with Crippen molar-refractivity contribution in [2.45, 2.75) is 70.4 Å². The molecule has 0 bridgehead atoms. The van der Waals surface area contributed by atoms with Crippen LogP contribution in [0, 0.1) is 17.3 Å². The van der Waals surface area contributed by atoms with Gasteiger partial charge in [0.15, 0.2) is 0 Å². The number of nitrogens with zero attached hydrogens (tertiary/aromatic N) is 1. The SMILES string of the molecule is CC(C)(CN)CCOC1CCC2CC(O)C(N3CC(=O)NS3(=O)=O)C(F)C2C1. The normalized spacial score (nSPS) is 38.8. The van der Waals surface area contributed by atoms with Gasteiger partial charge in [0.05, 0.1) is 24.8 Å². The molecular weight excluding hydrogens is 389 g/mol. The van der Waals surface area contributed by atoms with Crippen LogP contribution in [-0.2, 0) is 19.7 Å². The van der Waals surface area contributed by atoms with Crippen LogP contribution >= 0.6 is 0 Å². The van der Waals surface area contributed by atoms with Gasteiger partial charge in [0.25, 0.3) is 0 Å². The van der Waals surface area contributed by atoms with Crippen LogP contribution in [0.2, 0.25) is 0 Å². The van der Waals surface area contributed by atoms with Gasteiger partial charge in [-0.25, -0.2) is 9.11 Å². The summed E-state index contributed by atoms with van der Waals surface area (Å²) >= 11 is 0. The lowest BCUT2D eigenvalue weighted by atomic mass is 9.66. The Hall–Kier alpha value is -0.810. The van der Waals surface area contributed by atoms with Crippen molar-refractivity contribution in [2.24, 2.45) is 23.0 Å². The van der Waals surface area contributed by atoms with Gasteiger partial charge in [0.2, 0.25) is 5.91 Å². The van der Waals surface area contributed by atoms with Crippen LogP contribution in [0.5, 0.6) is 0 Å². The molecule has 162 valence electrons. The Morgan fingerprint density at radius 3 is 2.68 bits per heavy atom. The van der Waals surface area contributed by atoms with Gasteiger partial charge in [-0.05, 0) is 55.9 Å². The number of rotatable bonds is 6. The van der Waals surface area contributed by atoms with Crippen LogP contribution in [0.25, 0.3) is 0 Å². The molecule has 3 fully saturated rings. The summed E-state index contributed by atoms with van der Waals surface area (Å²) in [7, 11) is -4.10. The van der Waals surface area contributed by atoms with Gasteiger partial charge in [0.1, 0.15) is 6.17 Å². The van der Waals surface area contributed by atoms with E-state index in [0.717, 1.165) is 23.6 Å². The second-order valence-corrected chi connectivity index (χ2v) is 10.8. The second-order valence-electron chi connectivity index (χ2n) is 9.16. The maximum Gasteiger partial charge on any atom is 0.304 e. The van der Waals surface area contributed by atoms with E-state index in [-0.39, 0.29) is 23.4 Å². The fraction of sp³-hybridized carbons (Fsp3) is 0.944. The number of ether oxygens (including phenoxy) is 1. The Labute approximate surface area is 166 Å². The average molecular weight is 422 g/mol. The largest absolute Gasteiger partial charge is 0.391 e. The van der Waals surface area contributed by atoms with Crippen LogP contribution in [0.3, 0.4) is 0 Å². The van der Waals surface area contributed by atoms with E-state index in [2.05, 4.69) is 13.8 Å². The summed E-state index contributed by atoms with van der Waals surface area (Å²) in [6, 6.07) is -1.24. The first-order valence-electron chi connectivity index (χ1n) is 10.0. The highest BCUT2D eigenvalue weighted by Crippen LogP contribution is 2.45. The first-order chi connectivity index (χ1) is 13.0. The molecule has 1 heterocycles. The Balaban J connectivity index is 1.65. The molecule has 8 nitrogen and oxygen atoms in total. The number of carbonyl (C=O) groups excluding carboxylic acids is 1. The summed E-state index contributed by atoms with van der Waals surface area (Å²) in [5, 5.41) is 10.5. The minimum absolute atomic E-state index is 0.00412. The second kappa shape index (κ2) is 8.14. The fourth-order valence-corrected chi connectivity index (χ4v) is 5.99. The molecule has 4 N–H and O–H groups in total. The van der Waals surface area contributed by atoms with Gasteiger partial charge < -0.3 is 15.6 Å². The third kappa shape index (κ3) is 4.51. The lowest BCUT2D eigenvalue weighted by Crippen LogP contribution is -2.59. The van der Waals surface area contributed by atoms with Gasteiger partial charge >= 0.3 is 10.2 Å². The Kier molecular flexibility index (Phi) is 6.36. The van der Waals surface area contributed by atoms with Crippen molar-refractivity contribution in [1.82, 2.24) is 9.03 Å². The van der Waals surface area contributed by atoms with E-state index in [0.29, 0.717) is 26.0 Å². The summed E-state index contributed by atoms with van der Waals surface area (Å²) in [5.74, 6) is -1.09. The molecule has 1 aliphatic heterocycles. The molecule has 3 aliphatic rings. The van der Waals surface area contributed by atoms with Crippen LogP contribution in [0.1, 0.15) is 46.0 Å². The molecule has 0 aromatic rings. The quantitative estimate of drug-likeness (QED) is 0.567. The molecule has 0 aromatic heterocycles. The molecule has 28 heavy (non-hydrogen) atoms. The number of amides is 1. The van der Waals surface area contributed by atoms with Crippen molar-refractivity contribution in [1.29, 1.82) is 0 Å². The van der Waals surface area contributed by atoms with Crippen molar-refractivity contribution in [3.63, 3.8) is 0 Å². The van der Waals surface area contributed by atoms with E-state index < -0.39 is 41.0 Å². The standard InChI is InChI=1S/C18H32FN3O5S/c1-18(2,10-20)5-6-27-12-4-3-11-7-14(23)17(16(19)13(11)8-12)22-9-15(24)21-28(22,25)26/h11-14,16-17,23H,3-10,20H2,1-2H3,(H,21,24). The number of hydrogen-bond acceptors (Lipinski definition) is 6. The van der Waals surface area contributed by atoms with Gasteiger partial charge in [-0.15, -0.1) is 0 Å². The molecule has 3 rings (SSSR count). The number of hydrogen-bond donors (Lipinski definition) is 3. The number of aliphatic hydroxyl groups excluding tert-OH is 1. The molecule has 0 spiro atoms. The molecule has 10 heteroatoms. The summed E-state index contributed by atoms with van der Waals surface area (Å²) in [6.45, 7) is 4.81. The fourth-order valence-electron chi connectivity index (χ4n) is 4.66.